The molecular weight excluding hydrogens is 280 g/mol. The van der Waals surface area contributed by atoms with E-state index in [-0.39, 0.29) is 30.6 Å². The van der Waals surface area contributed by atoms with E-state index in [1.165, 1.54) is 0 Å². The van der Waals surface area contributed by atoms with Gasteiger partial charge in [0.15, 0.2) is 0 Å². The molecule has 3 rings (SSSR count). The lowest BCUT2D eigenvalue weighted by molar-refractivity contribution is 0.151. The average Bonchev–Trinajstić information content (AvgIpc) is 2.55. The Morgan fingerprint density at radius 3 is 2.91 bits per heavy atom. The van der Waals surface area contributed by atoms with Crippen molar-refractivity contribution in [1.29, 1.82) is 0 Å². The summed E-state index contributed by atoms with van der Waals surface area (Å²) in [6.45, 7) is 0.642. The number of hydrogen-bond acceptors (Lipinski definition) is 3. The Kier molecular flexibility index (Phi) is 4.83. The number of para-hydroxylation sites is 1. The van der Waals surface area contributed by atoms with Gasteiger partial charge in [0.2, 0.25) is 0 Å². The number of urea groups is 1. The van der Waals surface area contributed by atoms with Crippen LogP contribution in [-0.4, -0.2) is 36.4 Å². The van der Waals surface area contributed by atoms with Crippen LogP contribution in [-0.2, 0) is 6.42 Å². The molecule has 22 heavy (non-hydrogen) atoms. The van der Waals surface area contributed by atoms with Crippen molar-refractivity contribution in [3.8, 4) is 5.75 Å². The lowest BCUT2D eigenvalue weighted by Crippen LogP contribution is -2.52. The monoisotopic (exact) mass is 304 g/mol. The standard InChI is InChI=1S/C17H24N2O3/c20-10-13-6-1-3-7-15(13)19-17(21)18-14-9-12-5-2-4-8-16(12)22-11-14/h2,4-5,8,13-15,20H,1,3,6-7,9-11H2,(H2,18,19,21). The van der Waals surface area contributed by atoms with Gasteiger partial charge in [-0.3, -0.25) is 0 Å². The van der Waals surface area contributed by atoms with E-state index < -0.39 is 0 Å². The van der Waals surface area contributed by atoms with Crippen LogP contribution >= 0.6 is 0 Å². The summed E-state index contributed by atoms with van der Waals surface area (Å²) >= 11 is 0. The molecule has 2 aliphatic rings. The van der Waals surface area contributed by atoms with Crippen LogP contribution in [0.2, 0.25) is 0 Å². The molecule has 0 aromatic heterocycles. The molecule has 3 unspecified atom stereocenters. The molecule has 1 saturated carbocycles. The van der Waals surface area contributed by atoms with E-state index in [9.17, 15) is 9.90 Å². The van der Waals surface area contributed by atoms with Crippen molar-refractivity contribution in [2.45, 2.75) is 44.2 Å². The second kappa shape index (κ2) is 7.01. The molecule has 1 fully saturated rings. The summed E-state index contributed by atoms with van der Waals surface area (Å²) in [5.74, 6) is 1.09. The number of ether oxygens (including phenoxy) is 1. The topological polar surface area (TPSA) is 70.6 Å². The quantitative estimate of drug-likeness (QED) is 0.798. The predicted molar refractivity (Wildman–Crippen MR) is 83.9 cm³/mol. The van der Waals surface area contributed by atoms with E-state index in [1.54, 1.807) is 0 Å². The highest BCUT2D eigenvalue weighted by Gasteiger charge is 2.27. The number of aliphatic hydroxyl groups excluding tert-OH is 1. The first kappa shape index (κ1) is 15.2. The normalized spacial score (nSPS) is 27.4. The Labute approximate surface area is 131 Å². The SMILES string of the molecule is O=C(NC1COc2ccccc2C1)NC1CCCCC1CO. The number of rotatable bonds is 3. The van der Waals surface area contributed by atoms with E-state index in [0.29, 0.717) is 6.61 Å². The third-order valence-electron chi connectivity index (χ3n) is 4.67. The first-order chi connectivity index (χ1) is 10.8. The molecule has 5 nitrogen and oxygen atoms in total. The van der Waals surface area contributed by atoms with Crippen LogP contribution < -0.4 is 15.4 Å². The van der Waals surface area contributed by atoms with Gasteiger partial charge in [-0.1, -0.05) is 31.0 Å². The molecule has 3 N–H and O–H groups in total. The Hall–Kier alpha value is -1.75. The van der Waals surface area contributed by atoms with Gasteiger partial charge in [0, 0.05) is 18.6 Å². The summed E-state index contributed by atoms with van der Waals surface area (Å²) in [4.78, 5) is 12.2. The fraction of sp³-hybridized carbons (Fsp3) is 0.588. The number of nitrogens with one attached hydrogen (secondary N) is 2. The minimum atomic E-state index is -0.154. The first-order valence-electron chi connectivity index (χ1n) is 8.15. The largest absolute Gasteiger partial charge is 0.491 e. The highest BCUT2D eigenvalue weighted by atomic mass is 16.5. The lowest BCUT2D eigenvalue weighted by atomic mass is 9.85. The molecule has 3 atom stereocenters. The first-order valence-corrected chi connectivity index (χ1v) is 8.15. The summed E-state index contributed by atoms with van der Waals surface area (Å²) in [6, 6.07) is 7.85. The van der Waals surface area contributed by atoms with Crippen molar-refractivity contribution in [2.24, 2.45) is 5.92 Å². The molecule has 120 valence electrons. The van der Waals surface area contributed by atoms with Crippen molar-refractivity contribution in [3.63, 3.8) is 0 Å². The number of carbonyl (C=O) groups excluding carboxylic acids is 1. The molecule has 1 aromatic rings. The van der Waals surface area contributed by atoms with Gasteiger partial charge in [-0.05, 0) is 30.9 Å². The molecule has 1 aromatic carbocycles. The van der Waals surface area contributed by atoms with Gasteiger partial charge >= 0.3 is 6.03 Å². The van der Waals surface area contributed by atoms with Crippen molar-refractivity contribution in [3.05, 3.63) is 29.8 Å². The second-order valence-electron chi connectivity index (χ2n) is 6.27. The van der Waals surface area contributed by atoms with Gasteiger partial charge in [0.05, 0.1) is 6.04 Å². The van der Waals surface area contributed by atoms with E-state index in [1.807, 2.05) is 24.3 Å². The van der Waals surface area contributed by atoms with Crippen molar-refractivity contribution >= 4 is 6.03 Å². The van der Waals surface area contributed by atoms with Crippen molar-refractivity contribution in [2.75, 3.05) is 13.2 Å². The molecule has 0 saturated heterocycles. The molecule has 0 radical (unpaired) electrons. The zero-order valence-corrected chi connectivity index (χ0v) is 12.8. The maximum Gasteiger partial charge on any atom is 0.315 e. The Bertz CT molecular complexity index is 520. The van der Waals surface area contributed by atoms with Crippen LogP contribution in [0, 0.1) is 5.92 Å². The highest BCUT2D eigenvalue weighted by Crippen LogP contribution is 2.25. The Morgan fingerprint density at radius 1 is 1.23 bits per heavy atom. The fourth-order valence-electron chi connectivity index (χ4n) is 3.43. The molecule has 1 heterocycles. The number of hydrogen-bond donors (Lipinski definition) is 3. The van der Waals surface area contributed by atoms with E-state index in [0.717, 1.165) is 43.4 Å². The number of benzene rings is 1. The van der Waals surface area contributed by atoms with Crippen LogP contribution in [0.3, 0.4) is 0 Å². The molecule has 1 aliphatic heterocycles. The molecule has 5 heteroatoms. The Morgan fingerprint density at radius 2 is 2.05 bits per heavy atom. The minimum absolute atomic E-state index is 0.00827. The highest BCUT2D eigenvalue weighted by molar-refractivity contribution is 5.74. The molecule has 0 bridgehead atoms. The third kappa shape index (κ3) is 3.53. The summed E-state index contributed by atoms with van der Waals surface area (Å²) in [7, 11) is 0. The van der Waals surface area contributed by atoms with Crippen LogP contribution in [0.5, 0.6) is 5.75 Å². The molecule has 2 amide bonds. The number of fused-ring (bicyclic) bond motifs is 1. The maximum absolute atomic E-state index is 12.2. The van der Waals surface area contributed by atoms with Gasteiger partial charge in [-0.2, -0.15) is 0 Å². The van der Waals surface area contributed by atoms with Crippen molar-refractivity contribution in [1.82, 2.24) is 10.6 Å². The van der Waals surface area contributed by atoms with E-state index in [4.69, 9.17) is 4.74 Å². The van der Waals surface area contributed by atoms with Crippen LogP contribution in [0.25, 0.3) is 0 Å². The van der Waals surface area contributed by atoms with Gasteiger partial charge in [0.25, 0.3) is 0 Å². The summed E-state index contributed by atoms with van der Waals surface area (Å²) in [6.07, 6.45) is 4.97. The zero-order valence-electron chi connectivity index (χ0n) is 12.8. The zero-order chi connectivity index (χ0) is 15.4. The van der Waals surface area contributed by atoms with Gasteiger partial charge in [-0.15, -0.1) is 0 Å². The number of amides is 2. The summed E-state index contributed by atoms with van der Waals surface area (Å²) in [5, 5.41) is 15.4. The van der Waals surface area contributed by atoms with Gasteiger partial charge in [-0.25, -0.2) is 4.79 Å². The van der Waals surface area contributed by atoms with Crippen LogP contribution in [0.1, 0.15) is 31.2 Å². The third-order valence-corrected chi connectivity index (χ3v) is 4.67. The smallest absolute Gasteiger partial charge is 0.315 e. The summed E-state index contributed by atoms with van der Waals surface area (Å²) in [5.41, 5.74) is 1.13. The maximum atomic E-state index is 12.2. The molecule has 1 aliphatic carbocycles. The predicted octanol–water partition coefficient (Wildman–Crippen LogP) is 1.84. The molecule has 0 spiro atoms. The number of carbonyl (C=O) groups is 1. The van der Waals surface area contributed by atoms with E-state index in [2.05, 4.69) is 10.6 Å². The fourth-order valence-corrected chi connectivity index (χ4v) is 3.43. The Balaban J connectivity index is 1.52. The van der Waals surface area contributed by atoms with Gasteiger partial charge in [0.1, 0.15) is 12.4 Å². The van der Waals surface area contributed by atoms with Gasteiger partial charge < -0.3 is 20.5 Å². The minimum Gasteiger partial charge on any atom is -0.491 e. The lowest BCUT2D eigenvalue weighted by Gasteiger charge is -2.32. The van der Waals surface area contributed by atoms with Crippen LogP contribution in [0.4, 0.5) is 4.79 Å². The second-order valence-corrected chi connectivity index (χ2v) is 6.27. The average molecular weight is 304 g/mol. The number of aliphatic hydroxyl groups is 1. The van der Waals surface area contributed by atoms with Crippen LogP contribution in [0.15, 0.2) is 24.3 Å². The van der Waals surface area contributed by atoms with E-state index >= 15 is 0 Å². The summed E-state index contributed by atoms with van der Waals surface area (Å²) < 4.78 is 5.69. The molecular formula is C17H24N2O3. The van der Waals surface area contributed by atoms with Crippen molar-refractivity contribution < 1.29 is 14.6 Å².